The molecule has 0 aromatic heterocycles. The van der Waals surface area contributed by atoms with Gasteiger partial charge in [0, 0.05) is 21.5 Å². The fourth-order valence-electron chi connectivity index (χ4n) is 0.931. The molecule has 5 heteroatoms. The highest BCUT2D eigenvalue weighted by Gasteiger charge is 2.08. The van der Waals surface area contributed by atoms with Gasteiger partial charge in [-0.25, -0.2) is 0 Å². The van der Waals surface area contributed by atoms with E-state index in [0.29, 0.717) is 20.6 Å². The molecule has 3 N–H and O–H groups in total. The average molecular weight is 238 g/mol. The van der Waals surface area contributed by atoms with E-state index >= 15 is 0 Å². The predicted octanol–water partition coefficient (Wildman–Crippen LogP) is 3.13. The maximum absolute atomic E-state index is 7.11. The molecule has 0 unspecified atom stereocenters. The molecule has 1 aromatic carbocycles. The van der Waals surface area contributed by atoms with Gasteiger partial charge in [-0.3, -0.25) is 5.41 Å². The molecule has 70 valence electrons. The molecule has 0 saturated carbocycles. The molecule has 0 bridgehead atoms. The molecule has 0 saturated heterocycles. The minimum atomic E-state index is 0.0196. The van der Waals surface area contributed by atoms with Crippen LogP contribution in [0.25, 0.3) is 0 Å². The second kappa shape index (κ2) is 4.18. The second-order valence-electron chi connectivity index (χ2n) is 2.55. The predicted molar refractivity (Wildman–Crippen MR) is 57.1 cm³/mol. The molecule has 0 amide bonds. The van der Waals surface area contributed by atoms with Crippen molar-refractivity contribution < 1.29 is 0 Å². The number of halogens is 3. The third-order valence-electron chi connectivity index (χ3n) is 1.47. The van der Waals surface area contributed by atoms with Crippen molar-refractivity contribution >= 4 is 40.6 Å². The topological polar surface area (TPSA) is 49.9 Å². The zero-order valence-corrected chi connectivity index (χ0v) is 8.84. The Hall–Kier alpha value is -0.440. The van der Waals surface area contributed by atoms with Gasteiger partial charge in [-0.1, -0.05) is 34.8 Å². The van der Waals surface area contributed by atoms with Gasteiger partial charge in [0.25, 0.3) is 0 Å². The first kappa shape index (κ1) is 10.6. The lowest BCUT2D eigenvalue weighted by Crippen LogP contribution is -2.13. The Balaban J connectivity index is 3.13. The van der Waals surface area contributed by atoms with E-state index in [4.69, 9.17) is 45.9 Å². The summed E-state index contributed by atoms with van der Waals surface area (Å²) >= 11 is 17.4. The largest absolute Gasteiger partial charge is 0.387 e. The van der Waals surface area contributed by atoms with Crippen LogP contribution in [0.15, 0.2) is 12.1 Å². The highest BCUT2D eigenvalue weighted by Crippen LogP contribution is 2.29. The quantitative estimate of drug-likeness (QED) is 0.602. The second-order valence-corrected chi connectivity index (χ2v) is 3.80. The molecule has 0 fully saturated rings. The van der Waals surface area contributed by atoms with Crippen LogP contribution < -0.4 is 5.73 Å². The van der Waals surface area contributed by atoms with Crippen molar-refractivity contribution in [2.45, 2.75) is 6.42 Å². The molecular formula is C8H7Cl3N2. The molecule has 0 heterocycles. The van der Waals surface area contributed by atoms with Gasteiger partial charge in [-0.2, -0.15) is 0 Å². The summed E-state index contributed by atoms with van der Waals surface area (Å²) in [6.45, 7) is 0. The lowest BCUT2D eigenvalue weighted by Gasteiger charge is -2.05. The van der Waals surface area contributed by atoms with Crippen LogP contribution in [-0.2, 0) is 6.42 Å². The Bertz CT molecular complexity index is 326. The van der Waals surface area contributed by atoms with Crippen molar-refractivity contribution in [1.29, 1.82) is 5.41 Å². The van der Waals surface area contributed by atoms with E-state index in [9.17, 15) is 0 Å². The van der Waals surface area contributed by atoms with Gasteiger partial charge in [0.05, 0.1) is 5.84 Å². The van der Waals surface area contributed by atoms with Crippen molar-refractivity contribution in [2.24, 2.45) is 5.73 Å². The summed E-state index contributed by atoms with van der Waals surface area (Å²) in [6, 6.07) is 3.15. The standard InChI is InChI=1S/C8H7Cl3N2/c9-4-1-6(10)5(3-8(12)13)7(11)2-4/h1-2H,3H2,(H3,12,13). The smallest absolute Gasteiger partial charge is 0.0951 e. The number of hydrogen-bond acceptors (Lipinski definition) is 1. The fourth-order valence-corrected chi connectivity index (χ4v) is 1.88. The van der Waals surface area contributed by atoms with Crippen LogP contribution in [0.2, 0.25) is 15.1 Å². The average Bonchev–Trinajstić information content (AvgIpc) is 1.96. The lowest BCUT2D eigenvalue weighted by molar-refractivity contribution is 1.25. The Labute approximate surface area is 91.1 Å². The maximum atomic E-state index is 7.11. The molecule has 0 radical (unpaired) electrons. The van der Waals surface area contributed by atoms with Crippen molar-refractivity contribution in [2.75, 3.05) is 0 Å². The van der Waals surface area contributed by atoms with E-state index < -0.39 is 0 Å². The summed E-state index contributed by atoms with van der Waals surface area (Å²) in [5, 5.41) is 8.46. The molecule has 0 aliphatic heterocycles. The Morgan fingerprint density at radius 1 is 1.23 bits per heavy atom. The molecule has 0 atom stereocenters. The van der Waals surface area contributed by atoms with Gasteiger partial charge in [0.2, 0.25) is 0 Å². The first-order valence-corrected chi connectivity index (χ1v) is 4.60. The van der Waals surface area contributed by atoms with Gasteiger partial charge in [0.1, 0.15) is 0 Å². The number of benzene rings is 1. The van der Waals surface area contributed by atoms with Crippen molar-refractivity contribution in [3.8, 4) is 0 Å². The fraction of sp³-hybridized carbons (Fsp3) is 0.125. The van der Waals surface area contributed by atoms with E-state index in [0.717, 1.165) is 0 Å². The van der Waals surface area contributed by atoms with Crippen LogP contribution >= 0.6 is 34.8 Å². The van der Waals surface area contributed by atoms with E-state index in [1.807, 2.05) is 0 Å². The number of nitrogens with two attached hydrogens (primary N) is 1. The zero-order chi connectivity index (χ0) is 10.0. The van der Waals surface area contributed by atoms with Gasteiger partial charge < -0.3 is 5.73 Å². The molecule has 13 heavy (non-hydrogen) atoms. The maximum Gasteiger partial charge on any atom is 0.0951 e. The number of nitrogens with one attached hydrogen (secondary N) is 1. The monoisotopic (exact) mass is 236 g/mol. The molecule has 1 rings (SSSR count). The van der Waals surface area contributed by atoms with Gasteiger partial charge in [-0.05, 0) is 17.7 Å². The number of hydrogen-bond donors (Lipinski definition) is 2. The van der Waals surface area contributed by atoms with Crippen LogP contribution in [0.5, 0.6) is 0 Å². The van der Waals surface area contributed by atoms with Crippen molar-refractivity contribution in [3.63, 3.8) is 0 Å². The van der Waals surface area contributed by atoms with Gasteiger partial charge in [0.15, 0.2) is 0 Å². The highest BCUT2D eigenvalue weighted by atomic mass is 35.5. The van der Waals surface area contributed by atoms with Crippen molar-refractivity contribution in [1.82, 2.24) is 0 Å². The van der Waals surface area contributed by atoms with E-state index in [1.165, 1.54) is 0 Å². The molecule has 2 nitrogen and oxygen atoms in total. The van der Waals surface area contributed by atoms with Gasteiger partial charge in [-0.15, -0.1) is 0 Å². The van der Waals surface area contributed by atoms with Crippen LogP contribution in [-0.4, -0.2) is 5.84 Å². The molecule has 1 aromatic rings. The zero-order valence-electron chi connectivity index (χ0n) is 6.57. The summed E-state index contributed by atoms with van der Waals surface area (Å²) in [4.78, 5) is 0. The Morgan fingerprint density at radius 3 is 2.08 bits per heavy atom. The minimum absolute atomic E-state index is 0.0196. The summed E-state index contributed by atoms with van der Waals surface area (Å²) < 4.78 is 0. The van der Waals surface area contributed by atoms with E-state index in [-0.39, 0.29) is 12.3 Å². The van der Waals surface area contributed by atoms with Gasteiger partial charge >= 0.3 is 0 Å². The molecule has 0 spiro atoms. The Kier molecular flexibility index (Phi) is 3.42. The SMILES string of the molecule is N=C(N)Cc1c(Cl)cc(Cl)cc1Cl. The van der Waals surface area contributed by atoms with Crippen molar-refractivity contribution in [3.05, 3.63) is 32.8 Å². The van der Waals surface area contributed by atoms with E-state index in [1.54, 1.807) is 12.1 Å². The minimum Gasteiger partial charge on any atom is -0.387 e. The Morgan fingerprint density at radius 2 is 1.69 bits per heavy atom. The first-order chi connectivity index (χ1) is 6.00. The summed E-state index contributed by atoms with van der Waals surface area (Å²) in [6.07, 6.45) is 0.245. The van der Waals surface area contributed by atoms with Crippen LogP contribution in [0, 0.1) is 5.41 Å². The van der Waals surface area contributed by atoms with Crippen LogP contribution in [0.4, 0.5) is 0 Å². The summed E-state index contributed by atoms with van der Waals surface area (Å²) in [5.41, 5.74) is 5.87. The lowest BCUT2D eigenvalue weighted by atomic mass is 10.1. The number of rotatable bonds is 2. The highest BCUT2D eigenvalue weighted by molar-refractivity contribution is 6.39. The first-order valence-electron chi connectivity index (χ1n) is 3.47. The molecular weight excluding hydrogens is 230 g/mol. The molecule has 0 aliphatic rings. The van der Waals surface area contributed by atoms with Crippen LogP contribution in [0.3, 0.4) is 0 Å². The third kappa shape index (κ3) is 2.76. The van der Waals surface area contributed by atoms with Crippen LogP contribution in [0.1, 0.15) is 5.56 Å². The normalized spacial score (nSPS) is 10.1. The van der Waals surface area contributed by atoms with E-state index in [2.05, 4.69) is 0 Å². The summed E-state index contributed by atoms with van der Waals surface area (Å²) in [5.74, 6) is 0.0196. The third-order valence-corrected chi connectivity index (χ3v) is 2.37. The molecule has 0 aliphatic carbocycles. The summed E-state index contributed by atoms with van der Waals surface area (Å²) in [7, 11) is 0. The number of amidine groups is 1.